The number of fused-ring (bicyclic) bond motifs is 5. The summed E-state index contributed by atoms with van der Waals surface area (Å²) in [6, 6.07) is 19.6. The summed E-state index contributed by atoms with van der Waals surface area (Å²) in [4.78, 5) is 16.2. The molecule has 0 saturated carbocycles. The fourth-order valence-electron chi connectivity index (χ4n) is 4.63. The van der Waals surface area contributed by atoms with Gasteiger partial charge in [-0.3, -0.25) is 0 Å². The molecule has 0 unspecified atom stereocenters. The Bertz CT molecular complexity index is 1510. The van der Waals surface area contributed by atoms with E-state index in [9.17, 15) is 0 Å². The van der Waals surface area contributed by atoms with Gasteiger partial charge < -0.3 is 14.7 Å². The second-order valence-corrected chi connectivity index (χ2v) is 9.69. The van der Waals surface area contributed by atoms with E-state index in [-0.39, 0.29) is 0 Å². The van der Waals surface area contributed by atoms with Crippen LogP contribution in [0, 0.1) is 0 Å². The quantitative estimate of drug-likeness (QED) is 0.300. The predicted molar refractivity (Wildman–Crippen MR) is 137 cm³/mol. The summed E-state index contributed by atoms with van der Waals surface area (Å²) < 4.78 is 6.25. The average molecular weight is 449 g/mol. The number of imidazole rings is 2. The van der Waals surface area contributed by atoms with Gasteiger partial charge in [0, 0.05) is 17.4 Å². The predicted octanol–water partition coefficient (Wildman–Crippen LogP) is 7.43. The molecule has 5 nitrogen and oxygen atoms in total. The number of aromatic nitrogens is 4. The topological polar surface area (TPSA) is 66.6 Å². The van der Waals surface area contributed by atoms with Gasteiger partial charge in [0.25, 0.3) is 0 Å². The first-order chi connectivity index (χ1) is 16.5. The van der Waals surface area contributed by atoms with Crippen molar-refractivity contribution >= 4 is 11.0 Å². The van der Waals surface area contributed by atoms with Crippen LogP contribution in [0.2, 0.25) is 0 Å². The number of hydrogen-bond acceptors (Lipinski definition) is 3. The second-order valence-electron chi connectivity index (χ2n) is 9.69. The van der Waals surface area contributed by atoms with Gasteiger partial charge in [-0.05, 0) is 46.0 Å². The number of nitrogens with one attached hydrogen (secondary N) is 2. The lowest BCUT2D eigenvalue weighted by molar-refractivity contribution is 0.305. The Kier molecular flexibility index (Phi) is 4.80. The Balaban J connectivity index is 1.33. The van der Waals surface area contributed by atoms with Crippen molar-refractivity contribution in [1.29, 1.82) is 0 Å². The molecular formula is C29H28N4O. The number of benzene rings is 3. The minimum atomic E-state index is 0.346. The van der Waals surface area contributed by atoms with Gasteiger partial charge in [0.1, 0.15) is 23.8 Å². The van der Waals surface area contributed by atoms with Crippen LogP contribution in [-0.4, -0.2) is 19.9 Å². The molecule has 2 N–H and O–H groups in total. The van der Waals surface area contributed by atoms with Crippen LogP contribution in [-0.2, 0) is 6.61 Å². The molecule has 5 heteroatoms. The van der Waals surface area contributed by atoms with Crippen molar-refractivity contribution in [2.24, 2.45) is 0 Å². The molecule has 0 amide bonds. The summed E-state index contributed by atoms with van der Waals surface area (Å²) >= 11 is 0. The van der Waals surface area contributed by atoms with Crippen LogP contribution in [0.5, 0.6) is 5.75 Å². The molecule has 34 heavy (non-hydrogen) atoms. The molecule has 0 atom stereocenters. The van der Waals surface area contributed by atoms with E-state index in [2.05, 4.69) is 97.2 Å². The van der Waals surface area contributed by atoms with Gasteiger partial charge in [-0.1, -0.05) is 64.1 Å². The van der Waals surface area contributed by atoms with Crippen LogP contribution in [0.3, 0.4) is 0 Å². The molecule has 1 aliphatic heterocycles. The fraction of sp³-hybridized carbons (Fsp3) is 0.241. The standard InChI is InChI=1S/C29H28N4O/c1-16(2)28-30-14-25(32-28)19-7-5-18(6-8-19)20-9-10-22-21(13-20)15-34-27-23(22)11-12-24-26(27)33-29(31-24)17(3)4/h5-14,16-17H,15H2,1-4H3,(H,30,32)(H,31,33). The third-order valence-corrected chi connectivity index (χ3v) is 6.61. The van der Waals surface area contributed by atoms with E-state index in [4.69, 9.17) is 9.72 Å². The number of rotatable bonds is 4. The van der Waals surface area contributed by atoms with Gasteiger partial charge in [-0.2, -0.15) is 0 Å². The molecule has 0 aliphatic carbocycles. The molecule has 0 saturated heterocycles. The molecule has 170 valence electrons. The summed E-state index contributed by atoms with van der Waals surface area (Å²) in [5.74, 6) is 3.62. The molecular weight excluding hydrogens is 420 g/mol. The van der Waals surface area contributed by atoms with Crippen molar-refractivity contribution in [3.8, 4) is 39.3 Å². The number of nitrogens with zero attached hydrogens (tertiary/aromatic N) is 2. The van der Waals surface area contributed by atoms with Crippen molar-refractivity contribution in [3.05, 3.63) is 78.0 Å². The molecule has 3 heterocycles. The second kappa shape index (κ2) is 7.87. The lowest BCUT2D eigenvalue weighted by atomic mass is 9.92. The Hall–Kier alpha value is -3.86. The highest BCUT2D eigenvalue weighted by molar-refractivity contribution is 5.92. The molecule has 0 spiro atoms. The van der Waals surface area contributed by atoms with Gasteiger partial charge in [0.05, 0.1) is 17.4 Å². The van der Waals surface area contributed by atoms with E-state index < -0.39 is 0 Å². The maximum absolute atomic E-state index is 6.25. The minimum absolute atomic E-state index is 0.346. The first-order valence-electron chi connectivity index (χ1n) is 11.9. The van der Waals surface area contributed by atoms with Crippen molar-refractivity contribution in [3.63, 3.8) is 0 Å². The minimum Gasteiger partial charge on any atom is -0.486 e. The summed E-state index contributed by atoms with van der Waals surface area (Å²) in [7, 11) is 0. The zero-order valence-electron chi connectivity index (χ0n) is 19.9. The number of aromatic amines is 2. The zero-order valence-corrected chi connectivity index (χ0v) is 19.9. The van der Waals surface area contributed by atoms with Gasteiger partial charge >= 0.3 is 0 Å². The smallest absolute Gasteiger partial charge is 0.155 e. The number of ether oxygens (including phenoxy) is 1. The summed E-state index contributed by atoms with van der Waals surface area (Å²) in [5, 5.41) is 0. The van der Waals surface area contributed by atoms with Gasteiger partial charge in [-0.15, -0.1) is 0 Å². The first-order valence-corrected chi connectivity index (χ1v) is 11.9. The maximum atomic E-state index is 6.25. The van der Waals surface area contributed by atoms with E-state index in [1.165, 1.54) is 22.3 Å². The molecule has 0 bridgehead atoms. The van der Waals surface area contributed by atoms with Crippen LogP contribution in [0.15, 0.2) is 60.8 Å². The van der Waals surface area contributed by atoms with E-state index in [1.54, 1.807) is 0 Å². The van der Waals surface area contributed by atoms with E-state index >= 15 is 0 Å². The SMILES string of the molecule is CC(C)c1ncc(-c2ccc(-c3ccc4c(c3)COc3c-4ccc4[nH]c(C(C)C)nc34)cc2)[nH]1. The molecule has 1 aliphatic rings. The summed E-state index contributed by atoms with van der Waals surface area (Å²) in [5.41, 5.74) is 10.0. The maximum Gasteiger partial charge on any atom is 0.155 e. The molecule has 3 aromatic carbocycles. The Morgan fingerprint density at radius 2 is 1.47 bits per heavy atom. The fourth-order valence-corrected chi connectivity index (χ4v) is 4.63. The van der Waals surface area contributed by atoms with Crippen molar-refractivity contribution in [1.82, 2.24) is 19.9 Å². The van der Waals surface area contributed by atoms with Gasteiger partial charge in [-0.25, -0.2) is 9.97 Å². The molecule has 2 aromatic heterocycles. The largest absolute Gasteiger partial charge is 0.486 e. The summed E-state index contributed by atoms with van der Waals surface area (Å²) in [6.45, 7) is 9.12. The normalized spacial score (nSPS) is 12.8. The zero-order chi connectivity index (χ0) is 23.4. The Labute approximate surface area is 199 Å². The van der Waals surface area contributed by atoms with E-state index in [1.807, 2.05) is 6.20 Å². The first kappa shape index (κ1) is 20.7. The van der Waals surface area contributed by atoms with Crippen LogP contribution >= 0.6 is 0 Å². The highest BCUT2D eigenvalue weighted by atomic mass is 16.5. The van der Waals surface area contributed by atoms with Crippen LogP contribution in [0.1, 0.15) is 56.7 Å². The lowest BCUT2D eigenvalue weighted by Gasteiger charge is -2.22. The van der Waals surface area contributed by atoms with Crippen LogP contribution in [0.4, 0.5) is 0 Å². The Morgan fingerprint density at radius 3 is 2.21 bits per heavy atom. The van der Waals surface area contributed by atoms with Crippen molar-refractivity contribution < 1.29 is 4.74 Å². The van der Waals surface area contributed by atoms with Gasteiger partial charge in [0.15, 0.2) is 5.75 Å². The van der Waals surface area contributed by atoms with Crippen molar-refractivity contribution in [2.45, 2.75) is 46.1 Å². The highest BCUT2D eigenvalue weighted by Gasteiger charge is 2.22. The third-order valence-electron chi connectivity index (χ3n) is 6.61. The third kappa shape index (κ3) is 3.39. The van der Waals surface area contributed by atoms with Crippen molar-refractivity contribution in [2.75, 3.05) is 0 Å². The van der Waals surface area contributed by atoms with Crippen LogP contribution in [0.25, 0.3) is 44.5 Å². The monoisotopic (exact) mass is 448 g/mol. The molecule has 6 rings (SSSR count). The summed E-state index contributed by atoms with van der Waals surface area (Å²) in [6.07, 6.45) is 1.92. The average Bonchev–Trinajstić information content (AvgIpc) is 3.51. The lowest BCUT2D eigenvalue weighted by Crippen LogP contribution is -2.06. The molecule has 5 aromatic rings. The number of hydrogen-bond donors (Lipinski definition) is 2. The van der Waals surface area contributed by atoms with Gasteiger partial charge in [0.2, 0.25) is 0 Å². The molecule has 0 fully saturated rings. The Morgan fingerprint density at radius 1 is 0.765 bits per heavy atom. The number of H-pyrrole nitrogens is 2. The van der Waals surface area contributed by atoms with E-state index in [0.29, 0.717) is 18.4 Å². The highest BCUT2D eigenvalue weighted by Crippen LogP contribution is 2.43. The van der Waals surface area contributed by atoms with E-state index in [0.717, 1.165) is 45.3 Å². The van der Waals surface area contributed by atoms with Crippen LogP contribution < -0.4 is 4.74 Å². The molecule has 0 radical (unpaired) electrons.